The van der Waals surface area contributed by atoms with Gasteiger partial charge in [-0.15, -0.1) is 24.0 Å². The third kappa shape index (κ3) is 13.1. The number of anilines is 1. The third-order valence-corrected chi connectivity index (χ3v) is 4.12. The number of halogens is 1. The molecule has 0 fully saturated rings. The van der Waals surface area contributed by atoms with Crippen LogP contribution in [0.1, 0.15) is 39.9 Å². The van der Waals surface area contributed by atoms with Gasteiger partial charge >= 0.3 is 0 Å². The maximum Gasteiger partial charge on any atom is 0.242 e. The third-order valence-electron chi connectivity index (χ3n) is 4.12. The molecule has 0 bridgehead atoms. The zero-order valence-electron chi connectivity index (χ0n) is 19.9. The van der Waals surface area contributed by atoms with Crippen LogP contribution in [0.3, 0.4) is 0 Å². The van der Waals surface area contributed by atoms with Gasteiger partial charge in [-0.1, -0.05) is 13.8 Å². The summed E-state index contributed by atoms with van der Waals surface area (Å²) < 4.78 is 16.5. The first-order chi connectivity index (χ1) is 15.4. The van der Waals surface area contributed by atoms with Gasteiger partial charge in [-0.05, 0) is 62.6 Å². The first kappa shape index (κ1) is 28.8. The predicted molar refractivity (Wildman–Crippen MR) is 142 cm³/mol. The molecule has 0 aliphatic heterocycles. The minimum absolute atomic E-state index is 0. The predicted octanol–water partition coefficient (Wildman–Crippen LogP) is 4.42. The number of aliphatic imine (C=N–C) groups is 1. The summed E-state index contributed by atoms with van der Waals surface area (Å²) in [6, 6.07) is 11.2. The van der Waals surface area contributed by atoms with Crippen LogP contribution in [-0.2, 0) is 16.1 Å². The number of benzene rings is 1. The molecule has 0 aliphatic carbocycles. The highest BCUT2D eigenvalue weighted by atomic mass is 127. The van der Waals surface area contributed by atoms with Crippen LogP contribution in [0.15, 0.2) is 52.1 Å². The van der Waals surface area contributed by atoms with Gasteiger partial charge in [0, 0.05) is 25.4 Å². The van der Waals surface area contributed by atoms with Crippen LogP contribution < -0.4 is 20.7 Å². The molecule has 9 heteroatoms. The standard InChI is InChI=1S/C24H36N4O4.HI/c1-18(2)17-30-13-6-12-25-24(27-16-23(29)26-15-22-7-5-14-31-22)28-20-8-10-21(11-9-20)32-19(3)4;/h5,7-11,14,18-19H,6,12-13,15-17H2,1-4H3,(H,26,29)(H2,25,27,28);1H. The number of hydrogen-bond donors (Lipinski definition) is 3. The van der Waals surface area contributed by atoms with Crippen molar-refractivity contribution >= 4 is 41.5 Å². The topological polar surface area (TPSA) is 97.1 Å². The largest absolute Gasteiger partial charge is 0.491 e. The van der Waals surface area contributed by atoms with Crippen LogP contribution in [0.25, 0.3) is 0 Å². The molecule has 0 spiro atoms. The number of amides is 1. The fourth-order valence-electron chi connectivity index (χ4n) is 2.67. The second-order valence-corrected chi connectivity index (χ2v) is 8.09. The number of guanidine groups is 1. The van der Waals surface area contributed by atoms with Crippen LogP contribution in [0.4, 0.5) is 5.69 Å². The molecular weight excluding hydrogens is 535 g/mol. The number of ether oxygens (including phenoxy) is 2. The lowest BCUT2D eigenvalue weighted by Gasteiger charge is -2.14. The van der Waals surface area contributed by atoms with Crippen molar-refractivity contribution in [1.29, 1.82) is 0 Å². The van der Waals surface area contributed by atoms with Crippen molar-refractivity contribution in [2.24, 2.45) is 10.9 Å². The van der Waals surface area contributed by atoms with E-state index in [1.807, 2.05) is 44.2 Å². The molecule has 2 aromatic rings. The second-order valence-electron chi connectivity index (χ2n) is 8.09. The summed E-state index contributed by atoms with van der Waals surface area (Å²) in [6.45, 7) is 10.7. The molecule has 0 atom stereocenters. The van der Waals surface area contributed by atoms with Crippen molar-refractivity contribution in [1.82, 2.24) is 10.6 Å². The Balaban J connectivity index is 0.00000544. The van der Waals surface area contributed by atoms with Crippen molar-refractivity contribution in [2.45, 2.75) is 46.8 Å². The van der Waals surface area contributed by atoms with Crippen LogP contribution in [0.2, 0.25) is 0 Å². The van der Waals surface area contributed by atoms with Gasteiger partial charge in [0.1, 0.15) is 18.1 Å². The Bertz CT molecular complexity index is 808. The Kier molecular flexibility index (Phi) is 14.3. The molecule has 1 aromatic heterocycles. The zero-order valence-corrected chi connectivity index (χ0v) is 22.3. The van der Waals surface area contributed by atoms with Crippen molar-refractivity contribution in [3.63, 3.8) is 0 Å². The normalized spacial score (nSPS) is 11.3. The van der Waals surface area contributed by atoms with Crippen LogP contribution >= 0.6 is 24.0 Å². The van der Waals surface area contributed by atoms with E-state index in [-0.39, 0.29) is 42.5 Å². The molecule has 0 aliphatic rings. The maximum atomic E-state index is 12.2. The second kappa shape index (κ2) is 16.4. The summed E-state index contributed by atoms with van der Waals surface area (Å²) in [4.78, 5) is 16.6. The fourth-order valence-corrected chi connectivity index (χ4v) is 2.67. The van der Waals surface area contributed by atoms with Gasteiger partial charge in [-0.2, -0.15) is 0 Å². The lowest BCUT2D eigenvalue weighted by atomic mass is 10.2. The van der Waals surface area contributed by atoms with Gasteiger partial charge in [-0.3, -0.25) is 4.79 Å². The van der Waals surface area contributed by atoms with E-state index in [0.29, 0.717) is 37.3 Å². The smallest absolute Gasteiger partial charge is 0.242 e. The van der Waals surface area contributed by atoms with Gasteiger partial charge < -0.3 is 29.8 Å². The molecule has 0 saturated heterocycles. The minimum Gasteiger partial charge on any atom is -0.491 e. The van der Waals surface area contributed by atoms with Crippen molar-refractivity contribution < 1.29 is 18.7 Å². The van der Waals surface area contributed by atoms with Gasteiger partial charge in [0.25, 0.3) is 0 Å². The van der Waals surface area contributed by atoms with Crippen molar-refractivity contribution in [3.05, 3.63) is 48.4 Å². The molecule has 2 rings (SSSR count). The molecule has 3 N–H and O–H groups in total. The van der Waals surface area contributed by atoms with Gasteiger partial charge in [-0.25, -0.2) is 4.99 Å². The van der Waals surface area contributed by atoms with Gasteiger partial charge in [0.05, 0.1) is 18.9 Å². The van der Waals surface area contributed by atoms with Crippen molar-refractivity contribution in [2.75, 3.05) is 31.6 Å². The SMILES string of the molecule is CC(C)COCCCNC(=NCC(=O)NCc1ccco1)Nc1ccc(OC(C)C)cc1.I. The number of carbonyl (C=O) groups excluding carboxylic acids is 1. The molecular formula is C24H37IN4O4. The van der Waals surface area contributed by atoms with Crippen LogP contribution in [0, 0.1) is 5.92 Å². The average molecular weight is 572 g/mol. The van der Waals surface area contributed by atoms with E-state index in [9.17, 15) is 4.79 Å². The minimum atomic E-state index is -0.191. The molecule has 1 heterocycles. The lowest BCUT2D eigenvalue weighted by Crippen LogP contribution is -2.34. The molecule has 1 aromatic carbocycles. The van der Waals surface area contributed by atoms with Crippen LogP contribution in [0.5, 0.6) is 5.75 Å². The Hall–Kier alpha value is -2.27. The number of carbonyl (C=O) groups is 1. The van der Waals surface area contributed by atoms with E-state index in [4.69, 9.17) is 13.9 Å². The Morgan fingerprint density at radius 3 is 2.48 bits per heavy atom. The monoisotopic (exact) mass is 572 g/mol. The van der Waals surface area contributed by atoms with E-state index in [1.165, 1.54) is 0 Å². The Labute approximate surface area is 213 Å². The van der Waals surface area contributed by atoms with Gasteiger partial charge in [0.15, 0.2) is 5.96 Å². The molecule has 0 unspecified atom stereocenters. The quantitative estimate of drug-likeness (QED) is 0.142. The summed E-state index contributed by atoms with van der Waals surface area (Å²) in [5.41, 5.74) is 0.847. The number of nitrogens with one attached hydrogen (secondary N) is 3. The van der Waals surface area contributed by atoms with E-state index < -0.39 is 0 Å². The number of hydrogen-bond acceptors (Lipinski definition) is 5. The average Bonchev–Trinajstić information content (AvgIpc) is 3.27. The lowest BCUT2D eigenvalue weighted by molar-refractivity contribution is -0.119. The van der Waals surface area contributed by atoms with E-state index in [0.717, 1.165) is 24.5 Å². The summed E-state index contributed by atoms with van der Waals surface area (Å²) in [6.07, 6.45) is 2.53. The van der Waals surface area contributed by atoms with Gasteiger partial charge in [0.2, 0.25) is 5.91 Å². The number of rotatable bonds is 13. The highest BCUT2D eigenvalue weighted by Gasteiger charge is 2.06. The Morgan fingerprint density at radius 2 is 1.85 bits per heavy atom. The van der Waals surface area contributed by atoms with E-state index in [2.05, 4.69) is 34.8 Å². The molecule has 1 amide bonds. The number of nitrogens with zero attached hydrogens (tertiary/aromatic N) is 1. The fraction of sp³-hybridized carbons (Fsp3) is 0.500. The van der Waals surface area contributed by atoms with E-state index >= 15 is 0 Å². The maximum absolute atomic E-state index is 12.2. The summed E-state index contributed by atoms with van der Waals surface area (Å²) in [7, 11) is 0. The zero-order chi connectivity index (χ0) is 23.2. The molecule has 33 heavy (non-hydrogen) atoms. The Morgan fingerprint density at radius 1 is 1.09 bits per heavy atom. The highest BCUT2D eigenvalue weighted by Crippen LogP contribution is 2.16. The first-order valence-corrected chi connectivity index (χ1v) is 11.1. The molecule has 0 saturated carbocycles. The molecule has 8 nitrogen and oxygen atoms in total. The van der Waals surface area contributed by atoms with Crippen LogP contribution in [-0.4, -0.2) is 44.3 Å². The van der Waals surface area contributed by atoms with Crippen molar-refractivity contribution in [3.8, 4) is 5.75 Å². The highest BCUT2D eigenvalue weighted by molar-refractivity contribution is 14.0. The first-order valence-electron chi connectivity index (χ1n) is 11.1. The molecule has 184 valence electrons. The molecule has 0 radical (unpaired) electrons. The number of furan rings is 1. The summed E-state index contributed by atoms with van der Waals surface area (Å²) in [5, 5.41) is 9.29. The summed E-state index contributed by atoms with van der Waals surface area (Å²) >= 11 is 0. The summed E-state index contributed by atoms with van der Waals surface area (Å²) in [5.74, 6) is 2.35. The van der Waals surface area contributed by atoms with E-state index in [1.54, 1.807) is 12.3 Å².